The van der Waals surface area contributed by atoms with Crippen LogP contribution in [0.1, 0.15) is 25.3 Å². The van der Waals surface area contributed by atoms with E-state index in [9.17, 15) is 13.6 Å². The minimum absolute atomic E-state index is 0.238. The molecule has 3 nitrogen and oxygen atoms in total. The number of hydrogen-bond acceptors (Lipinski definition) is 3. The molecule has 5 heteroatoms. The van der Waals surface area contributed by atoms with Crippen LogP contribution in [0.4, 0.5) is 8.78 Å². The van der Waals surface area contributed by atoms with E-state index in [1.807, 2.05) is 7.05 Å². The van der Waals surface area contributed by atoms with Gasteiger partial charge >= 0.3 is 5.97 Å². The molecule has 0 aromatic heterocycles. The lowest BCUT2D eigenvalue weighted by Gasteiger charge is -2.39. The molecule has 1 aliphatic heterocycles. The zero-order chi connectivity index (χ0) is 15.5. The fourth-order valence-corrected chi connectivity index (χ4v) is 3.06. The Balaban J connectivity index is 2.29. The highest BCUT2D eigenvalue weighted by Crippen LogP contribution is 2.35. The summed E-state index contributed by atoms with van der Waals surface area (Å²) in [5, 5.41) is 0. The number of nitrogens with zero attached hydrogens (tertiary/aromatic N) is 1. The largest absolute Gasteiger partial charge is 0.466 e. The number of piperidine rings is 1. The van der Waals surface area contributed by atoms with Crippen LogP contribution >= 0.6 is 0 Å². The third-order valence-electron chi connectivity index (χ3n) is 4.02. The van der Waals surface area contributed by atoms with Gasteiger partial charge in [-0.25, -0.2) is 8.78 Å². The van der Waals surface area contributed by atoms with Gasteiger partial charge in [0.15, 0.2) is 0 Å². The molecule has 0 saturated carbocycles. The number of hydrogen-bond donors (Lipinski definition) is 0. The fourth-order valence-electron chi connectivity index (χ4n) is 3.06. The highest BCUT2D eigenvalue weighted by atomic mass is 19.1. The Labute approximate surface area is 123 Å². The maximum Gasteiger partial charge on any atom is 0.313 e. The van der Waals surface area contributed by atoms with Gasteiger partial charge in [0.2, 0.25) is 0 Å². The van der Waals surface area contributed by atoms with Crippen molar-refractivity contribution in [3.05, 3.63) is 35.4 Å². The molecule has 21 heavy (non-hydrogen) atoms. The Morgan fingerprint density at radius 1 is 1.43 bits per heavy atom. The van der Waals surface area contributed by atoms with Gasteiger partial charge in [0.1, 0.15) is 11.6 Å². The van der Waals surface area contributed by atoms with Crippen LogP contribution in [0.25, 0.3) is 0 Å². The molecule has 1 unspecified atom stereocenters. The van der Waals surface area contributed by atoms with Crippen LogP contribution in [-0.4, -0.2) is 37.6 Å². The minimum atomic E-state index is -0.748. The smallest absolute Gasteiger partial charge is 0.313 e. The van der Waals surface area contributed by atoms with Crippen molar-refractivity contribution in [2.24, 2.45) is 5.41 Å². The summed E-state index contributed by atoms with van der Waals surface area (Å²) in [6.07, 6.45) is 1.76. The zero-order valence-corrected chi connectivity index (χ0v) is 12.5. The van der Waals surface area contributed by atoms with Crippen molar-refractivity contribution in [1.29, 1.82) is 0 Å². The number of carbonyl (C=O) groups excluding carboxylic acids is 1. The van der Waals surface area contributed by atoms with Crippen molar-refractivity contribution < 1.29 is 18.3 Å². The standard InChI is InChI=1S/C16H21F2NO2/c1-3-21-15(20)16(7-4-8-19(2)11-16)10-12-5-6-13(17)9-14(12)18/h5-6,9H,3-4,7-8,10-11H2,1-2H3. The molecule has 1 heterocycles. The first-order valence-electron chi connectivity index (χ1n) is 7.26. The molecule has 0 N–H and O–H groups in total. The number of likely N-dealkylation sites (tertiary alicyclic amines) is 1. The van der Waals surface area contributed by atoms with Crippen LogP contribution in [0, 0.1) is 17.0 Å². The number of halogens is 2. The van der Waals surface area contributed by atoms with Gasteiger partial charge in [-0.05, 0) is 51.4 Å². The maximum atomic E-state index is 13.9. The third kappa shape index (κ3) is 3.59. The molecular formula is C16H21F2NO2. The number of ether oxygens (including phenoxy) is 1. The summed E-state index contributed by atoms with van der Waals surface area (Å²) in [5.74, 6) is -1.51. The lowest BCUT2D eigenvalue weighted by molar-refractivity contribution is -0.158. The summed E-state index contributed by atoms with van der Waals surface area (Å²) in [5.41, 5.74) is -0.387. The van der Waals surface area contributed by atoms with E-state index in [4.69, 9.17) is 4.74 Å². The molecular weight excluding hydrogens is 276 g/mol. The van der Waals surface area contributed by atoms with Crippen LogP contribution < -0.4 is 0 Å². The van der Waals surface area contributed by atoms with Gasteiger partial charge in [0, 0.05) is 12.6 Å². The number of benzene rings is 1. The Kier molecular flexibility index (Phi) is 4.93. The molecule has 116 valence electrons. The normalized spacial score (nSPS) is 23.0. The van der Waals surface area contributed by atoms with Crippen molar-refractivity contribution >= 4 is 5.97 Å². The molecule has 0 aliphatic carbocycles. The first-order chi connectivity index (χ1) is 9.97. The predicted molar refractivity (Wildman–Crippen MR) is 75.9 cm³/mol. The van der Waals surface area contributed by atoms with E-state index in [1.165, 1.54) is 12.1 Å². The van der Waals surface area contributed by atoms with Crippen LogP contribution in [0.3, 0.4) is 0 Å². The molecule has 0 spiro atoms. The average Bonchev–Trinajstić information content (AvgIpc) is 2.42. The van der Waals surface area contributed by atoms with E-state index in [0.29, 0.717) is 25.1 Å². The predicted octanol–water partition coefficient (Wildman–Crippen LogP) is 2.78. The van der Waals surface area contributed by atoms with E-state index in [0.717, 1.165) is 19.0 Å². The van der Waals surface area contributed by atoms with Crippen LogP contribution in [0.15, 0.2) is 18.2 Å². The van der Waals surface area contributed by atoms with Gasteiger partial charge in [-0.15, -0.1) is 0 Å². The average molecular weight is 297 g/mol. The monoisotopic (exact) mass is 297 g/mol. The molecule has 0 amide bonds. The van der Waals surface area contributed by atoms with Crippen LogP contribution in [0.5, 0.6) is 0 Å². The molecule has 0 radical (unpaired) electrons. The summed E-state index contributed by atoms with van der Waals surface area (Å²) in [6, 6.07) is 3.50. The van der Waals surface area contributed by atoms with E-state index >= 15 is 0 Å². The van der Waals surface area contributed by atoms with Crippen molar-refractivity contribution in [3.63, 3.8) is 0 Å². The van der Waals surface area contributed by atoms with Gasteiger partial charge < -0.3 is 9.64 Å². The summed E-state index contributed by atoms with van der Waals surface area (Å²) >= 11 is 0. The Morgan fingerprint density at radius 2 is 2.19 bits per heavy atom. The quantitative estimate of drug-likeness (QED) is 0.800. The zero-order valence-electron chi connectivity index (χ0n) is 12.5. The van der Waals surface area contributed by atoms with E-state index in [2.05, 4.69) is 4.90 Å². The minimum Gasteiger partial charge on any atom is -0.466 e. The molecule has 1 atom stereocenters. The Bertz CT molecular complexity index is 521. The molecule has 1 aromatic carbocycles. The second kappa shape index (κ2) is 6.52. The third-order valence-corrected chi connectivity index (χ3v) is 4.02. The van der Waals surface area contributed by atoms with E-state index in [-0.39, 0.29) is 12.4 Å². The molecule has 1 aliphatic rings. The lowest BCUT2D eigenvalue weighted by Crippen LogP contribution is -2.48. The van der Waals surface area contributed by atoms with Gasteiger partial charge in [0.25, 0.3) is 0 Å². The Morgan fingerprint density at radius 3 is 2.81 bits per heavy atom. The van der Waals surface area contributed by atoms with Crippen molar-refractivity contribution in [2.75, 3.05) is 26.7 Å². The Hall–Kier alpha value is -1.49. The summed E-state index contributed by atoms with van der Waals surface area (Å²) in [6.45, 7) is 3.50. The second-order valence-corrected chi connectivity index (χ2v) is 5.75. The summed E-state index contributed by atoms with van der Waals surface area (Å²) < 4.78 is 32.1. The first-order valence-corrected chi connectivity index (χ1v) is 7.26. The molecule has 1 saturated heterocycles. The number of rotatable bonds is 4. The van der Waals surface area contributed by atoms with Gasteiger partial charge in [-0.3, -0.25) is 4.79 Å². The second-order valence-electron chi connectivity index (χ2n) is 5.75. The molecule has 1 fully saturated rings. The van der Waals surface area contributed by atoms with E-state index < -0.39 is 17.0 Å². The first kappa shape index (κ1) is 15.9. The molecule has 1 aromatic rings. The van der Waals surface area contributed by atoms with Crippen molar-refractivity contribution in [2.45, 2.75) is 26.2 Å². The highest BCUT2D eigenvalue weighted by Gasteiger charge is 2.43. The number of esters is 1. The summed E-state index contributed by atoms with van der Waals surface area (Å²) in [7, 11) is 1.94. The molecule has 2 rings (SSSR count). The maximum absolute atomic E-state index is 13.9. The number of carbonyl (C=O) groups is 1. The van der Waals surface area contributed by atoms with Gasteiger partial charge in [-0.1, -0.05) is 6.07 Å². The summed E-state index contributed by atoms with van der Waals surface area (Å²) in [4.78, 5) is 14.5. The van der Waals surface area contributed by atoms with Crippen LogP contribution in [-0.2, 0) is 16.0 Å². The fraction of sp³-hybridized carbons (Fsp3) is 0.562. The van der Waals surface area contributed by atoms with E-state index in [1.54, 1.807) is 6.92 Å². The molecule has 0 bridgehead atoms. The topological polar surface area (TPSA) is 29.5 Å². The van der Waals surface area contributed by atoms with Crippen LogP contribution in [0.2, 0.25) is 0 Å². The van der Waals surface area contributed by atoms with Crippen molar-refractivity contribution in [1.82, 2.24) is 4.90 Å². The highest BCUT2D eigenvalue weighted by molar-refractivity contribution is 5.77. The van der Waals surface area contributed by atoms with Crippen molar-refractivity contribution in [3.8, 4) is 0 Å². The lowest BCUT2D eigenvalue weighted by atomic mass is 9.75. The SMILES string of the molecule is CCOC(=O)C1(Cc2ccc(F)cc2F)CCCN(C)C1. The van der Waals surface area contributed by atoms with Gasteiger partial charge in [-0.2, -0.15) is 0 Å². The van der Waals surface area contributed by atoms with Gasteiger partial charge in [0.05, 0.1) is 12.0 Å².